The second-order valence-corrected chi connectivity index (χ2v) is 6.55. The molecule has 0 aliphatic carbocycles. The number of likely N-dealkylation sites (tertiary alicyclic amines) is 1. The van der Waals surface area contributed by atoms with Crippen molar-refractivity contribution in [3.63, 3.8) is 0 Å². The van der Waals surface area contributed by atoms with Crippen molar-refractivity contribution in [2.45, 2.75) is 25.3 Å². The van der Waals surface area contributed by atoms with E-state index in [1.165, 1.54) is 0 Å². The molecule has 1 saturated heterocycles. The molecule has 0 unspecified atom stereocenters. The fraction of sp³-hybridized carbons (Fsp3) is 0.316. The molecule has 0 spiro atoms. The average molecular weight is 350 g/mol. The largest absolute Gasteiger partial charge is 0.459 e. The SMILES string of the molecule is c1coc(-c2nnc(CN3CCC(c4nc5ccccc5o4)CC3)o2)c1. The molecule has 1 aliphatic rings. The summed E-state index contributed by atoms with van der Waals surface area (Å²) in [4.78, 5) is 6.96. The van der Waals surface area contributed by atoms with Crippen molar-refractivity contribution in [2.75, 3.05) is 13.1 Å². The first-order chi connectivity index (χ1) is 12.8. The van der Waals surface area contributed by atoms with Gasteiger partial charge in [0.1, 0.15) is 5.52 Å². The summed E-state index contributed by atoms with van der Waals surface area (Å²) < 4.78 is 16.9. The van der Waals surface area contributed by atoms with Crippen LogP contribution in [0.5, 0.6) is 0 Å². The Labute approximate surface area is 149 Å². The minimum Gasteiger partial charge on any atom is -0.459 e. The third-order valence-electron chi connectivity index (χ3n) is 4.80. The van der Waals surface area contributed by atoms with Crippen LogP contribution in [0.3, 0.4) is 0 Å². The van der Waals surface area contributed by atoms with Gasteiger partial charge in [-0.15, -0.1) is 10.2 Å². The Balaban J connectivity index is 1.22. The second kappa shape index (κ2) is 6.42. The average Bonchev–Trinajstić information content (AvgIpc) is 3.42. The fourth-order valence-corrected chi connectivity index (χ4v) is 3.41. The number of oxazole rings is 1. The van der Waals surface area contributed by atoms with Crippen LogP contribution in [-0.2, 0) is 6.54 Å². The first-order valence-corrected chi connectivity index (χ1v) is 8.79. The van der Waals surface area contributed by atoms with Crippen molar-refractivity contribution >= 4 is 11.1 Å². The quantitative estimate of drug-likeness (QED) is 0.553. The maximum atomic E-state index is 5.92. The van der Waals surface area contributed by atoms with Gasteiger partial charge in [0.2, 0.25) is 5.89 Å². The van der Waals surface area contributed by atoms with Gasteiger partial charge in [0, 0.05) is 5.92 Å². The molecule has 7 heteroatoms. The predicted molar refractivity (Wildman–Crippen MR) is 93.3 cm³/mol. The zero-order valence-electron chi connectivity index (χ0n) is 14.2. The van der Waals surface area contributed by atoms with Gasteiger partial charge in [0.05, 0.1) is 12.8 Å². The molecule has 4 aromatic rings. The van der Waals surface area contributed by atoms with Crippen LogP contribution < -0.4 is 0 Å². The molecule has 7 nitrogen and oxygen atoms in total. The van der Waals surface area contributed by atoms with Gasteiger partial charge in [-0.25, -0.2) is 4.98 Å². The minimum atomic E-state index is 0.361. The number of aromatic nitrogens is 3. The fourth-order valence-electron chi connectivity index (χ4n) is 3.41. The number of nitrogens with zero attached hydrogens (tertiary/aromatic N) is 4. The Kier molecular flexibility index (Phi) is 3.79. The van der Waals surface area contributed by atoms with Gasteiger partial charge in [-0.2, -0.15) is 0 Å². The Morgan fingerprint density at radius 3 is 2.69 bits per heavy atom. The summed E-state index contributed by atoms with van der Waals surface area (Å²) in [6.07, 6.45) is 3.61. The van der Waals surface area contributed by atoms with Gasteiger partial charge in [0.15, 0.2) is 17.2 Å². The summed E-state index contributed by atoms with van der Waals surface area (Å²) in [5.74, 6) is 2.84. The molecule has 1 fully saturated rings. The number of piperidine rings is 1. The second-order valence-electron chi connectivity index (χ2n) is 6.55. The third kappa shape index (κ3) is 2.90. The van der Waals surface area contributed by atoms with Crippen molar-refractivity contribution in [1.82, 2.24) is 20.1 Å². The molecule has 0 saturated carbocycles. The highest BCUT2D eigenvalue weighted by atomic mass is 16.4. The van der Waals surface area contributed by atoms with Crippen LogP contribution in [0.15, 0.2) is 55.9 Å². The number of hydrogen-bond acceptors (Lipinski definition) is 7. The first kappa shape index (κ1) is 15.3. The number of hydrogen-bond donors (Lipinski definition) is 0. The zero-order valence-corrected chi connectivity index (χ0v) is 14.2. The molecule has 26 heavy (non-hydrogen) atoms. The predicted octanol–water partition coefficient (Wildman–Crippen LogP) is 3.85. The van der Waals surface area contributed by atoms with Crippen molar-refractivity contribution in [2.24, 2.45) is 0 Å². The van der Waals surface area contributed by atoms with E-state index in [2.05, 4.69) is 20.1 Å². The number of furan rings is 1. The van der Waals surface area contributed by atoms with E-state index in [9.17, 15) is 0 Å². The number of para-hydroxylation sites is 2. The van der Waals surface area contributed by atoms with E-state index in [1.807, 2.05) is 30.3 Å². The van der Waals surface area contributed by atoms with Crippen molar-refractivity contribution in [3.8, 4) is 11.7 Å². The lowest BCUT2D eigenvalue weighted by Crippen LogP contribution is -2.32. The van der Waals surface area contributed by atoms with Gasteiger partial charge in [-0.05, 0) is 50.2 Å². The van der Waals surface area contributed by atoms with E-state index in [0.717, 1.165) is 42.9 Å². The van der Waals surface area contributed by atoms with E-state index in [-0.39, 0.29) is 0 Å². The van der Waals surface area contributed by atoms with E-state index < -0.39 is 0 Å². The van der Waals surface area contributed by atoms with Crippen LogP contribution in [0.1, 0.15) is 30.5 Å². The highest BCUT2D eigenvalue weighted by molar-refractivity contribution is 5.72. The van der Waals surface area contributed by atoms with Crippen LogP contribution in [0.4, 0.5) is 0 Å². The molecular formula is C19H18N4O3. The van der Waals surface area contributed by atoms with Crippen molar-refractivity contribution < 1.29 is 13.3 Å². The normalized spacial score (nSPS) is 16.5. The Morgan fingerprint density at radius 1 is 1.00 bits per heavy atom. The van der Waals surface area contributed by atoms with E-state index in [0.29, 0.717) is 30.0 Å². The first-order valence-electron chi connectivity index (χ1n) is 8.79. The van der Waals surface area contributed by atoms with Crippen LogP contribution in [0, 0.1) is 0 Å². The summed E-state index contributed by atoms with van der Waals surface area (Å²) in [7, 11) is 0. The minimum absolute atomic E-state index is 0.361. The summed E-state index contributed by atoms with van der Waals surface area (Å²) in [5, 5.41) is 8.17. The highest BCUT2D eigenvalue weighted by Crippen LogP contribution is 2.30. The Morgan fingerprint density at radius 2 is 1.88 bits per heavy atom. The molecule has 4 heterocycles. The van der Waals surface area contributed by atoms with Gasteiger partial charge in [-0.3, -0.25) is 4.90 Å². The standard InChI is InChI=1S/C19H18N4O3/c1-2-5-15-14(4-1)20-18(25-15)13-7-9-23(10-8-13)12-17-21-22-19(26-17)16-6-3-11-24-16/h1-6,11,13H,7-10,12H2. The molecule has 0 amide bonds. The smallest absolute Gasteiger partial charge is 0.283 e. The summed E-state index contributed by atoms with van der Waals surface area (Å²) >= 11 is 0. The van der Waals surface area contributed by atoms with Gasteiger partial charge >= 0.3 is 0 Å². The summed E-state index contributed by atoms with van der Waals surface area (Å²) in [5.41, 5.74) is 1.79. The lowest BCUT2D eigenvalue weighted by Gasteiger charge is -2.29. The Hall–Kier alpha value is -2.93. The van der Waals surface area contributed by atoms with Gasteiger partial charge in [-0.1, -0.05) is 12.1 Å². The molecular weight excluding hydrogens is 332 g/mol. The van der Waals surface area contributed by atoms with Crippen molar-refractivity contribution in [1.29, 1.82) is 0 Å². The van der Waals surface area contributed by atoms with E-state index in [1.54, 1.807) is 12.3 Å². The molecule has 5 rings (SSSR count). The molecule has 3 aromatic heterocycles. The summed E-state index contributed by atoms with van der Waals surface area (Å²) in [6, 6.07) is 11.5. The summed E-state index contributed by atoms with van der Waals surface area (Å²) in [6.45, 7) is 2.54. The maximum Gasteiger partial charge on any atom is 0.283 e. The highest BCUT2D eigenvalue weighted by Gasteiger charge is 2.25. The van der Waals surface area contributed by atoms with Crippen LogP contribution >= 0.6 is 0 Å². The Bertz CT molecular complexity index is 964. The van der Waals surface area contributed by atoms with Crippen molar-refractivity contribution in [3.05, 3.63) is 54.4 Å². The zero-order chi connectivity index (χ0) is 17.3. The van der Waals surface area contributed by atoms with E-state index >= 15 is 0 Å². The van der Waals surface area contributed by atoms with Gasteiger partial charge in [0.25, 0.3) is 5.89 Å². The molecule has 1 aromatic carbocycles. The molecule has 132 valence electrons. The van der Waals surface area contributed by atoms with Gasteiger partial charge < -0.3 is 13.3 Å². The molecule has 0 N–H and O–H groups in total. The molecule has 0 bridgehead atoms. The van der Waals surface area contributed by atoms with E-state index in [4.69, 9.17) is 13.3 Å². The van der Waals surface area contributed by atoms with Crippen LogP contribution in [-0.4, -0.2) is 33.2 Å². The molecule has 1 aliphatic heterocycles. The lowest BCUT2D eigenvalue weighted by molar-refractivity contribution is 0.179. The molecule has 0 radical (unpaired) electrons. The monoisotopic (exact) mass is 350 g/mol. The maximum absolute atomic E-state index is 5.92. The molecule has 0 atom stereocenters. The third-order valence-corrected chi connectivity index (χ3v) is 4.80. The topological polar surface area (TPSA) is 81.3 Å². The lowest BCUT2D eigenvalue weighted by atomic mass is 9.97. The van der Waals surface area contributed by atoms with Crippen LogP contribution in [0.25, 0.3) is 22.8 Å². The number of fused-ring (bicyclic) bond motifs is 1. The van der Waals surface area contributed by atoms with Crippen LogP contribution in [0.2, 0.25) is 0 Å². The number of benzene rings is 1. The number of rotatable bonds is 4.